The average Bonchev–Trinajstić information content (AvgIpc) is 3.06. The molecule has 28 heavy (non-hydrogen) atoms. The van der Waals surface area contributed by atoms with Crippen LogP contribution in [-0.2, 0) is 6.54 Å². The third-order valence-electron chi connectivity index (χ3n) is 5.27. The van der Waals surface area contributed by atoms with Crippen molar-refractivity contribution in [3.8, 4) is 0 Å². The van der Waals surface area contributed by atoms with Gasteiger partial charge in [-0.05, 0) is 67.2 Å². The van der Waals surface area contributed by atoms with Crippen LogP contribution < -0.4 is 0 Å². The zero-order valence-electron chi connectivity index (χ0n) is 18.1. The molecule has 0 aliphatic heterocycles. The van der Waals surface area contributed by atoms with Crippen LogP contribution in [0.5, 0.6) is 0 Å². The maximum Gasteiger partial charge on any atom is 0.209 e. The lowest BCUT2D eigenvalue weighted by atomic mass is 9.92. The van der Waals surface area contributed by atoms with Crippen molar-refractivity contribution >= 4 is 11.6 Å². The summed E-state index contributed by atoms with van der Waals surface area (Å²) in [5, 5.41) is 0. The number of hydrogen-bond donors (Lipinski definition) is 0. The van der Waals surface area contributed by atoms with Crippen LogP contribution in [0.25, 0.3) is 0 Å². The van der Waals surface area contributed by atoms with Gasteiger partial charge in [0.2, 0.25) is 11.6 Å². The number of allylic oxidation sites excluding steroid dienone is 8. The first-order valence-corrected chi connectivity index (χ1v) is 9.99. The molecule has 2 rings (SSSR count). The van der Waals surface area contributed by atoms with Gasteiger partial charge in [0.1, 0.15) is 11.4 Å². The Labute approximate surface area is 168 Å². The SMILES string of the molecule is CC(C)=CCCC(C)=CCCC(C)=CCn1cnc2c1C(=O)C(C)=C(C)C2=O. The summed E-state index contributed by atoms with van der Waals surface area (Å²) in [7, 11) is 0. The van der Waals surface area contributed by atoms with Crippen molar-refractivity contribution < 1.29 is 9.59 Å². The lowest BCUT2D eigenvalue weighted by Crippen LogP contribution is -2.22. The minimum absolute atomic E-state index is 0.0921. The van der Waals surface area contributed by atoms with E-state index in [9.17, 15) is 9.59 Å². The molecule has 0 fully saturated rings. The van der Waals surface area contributed by atoms with E-state index in [1.165, 1.54) is 16.7 Å². The molecule has 0 spiro atoms. The molecule has 0 radical (unpaired) electrons. The molecule has 0 N–H and O–H groups in total. The minimum atomic E-state index is -0.139. The van der Waals surface area contributed by atoms with Crippen molar-refractivity contribution in [1.29, 1.82) is 0 Å². The molecule has 1 heterocycles. The number of carbonyl (C=O) groups is 2. The summed E-state index contributed by atoms with van der Waals surface area (Å²) in [5.74, 6) is -0.231. The first-order chi connectivity index (χ1) is 13.2. The summed E-state index contributed by atoms with van der Waals surface area (Å²) >= 11 is 0. The molecule has 0 unspecified atom stereocenters. The van der Waals surface area contributed by atoms with Gasteiger partial charge in [-0.15, -0.1) is 0 Å². The molecule has 4 nitrogen and oxygen atoms in total. The van der Waals surface area contributed by atoms with E-state index >= 15 is 0 Å². The second kappa shape index (κ2) is 9.63. The van der Waals surface area contributed by atoms with Crippen LogP contribution >= 0.6 is 0 Å². The Hall–Kier alpha value is -2.49. The molecule has 0 bridgehead atoms. The Morgan fingerprint density at radius 2 is 1.46 bits per heavy atom. The van der Waals surface area contributed by atoms with Gasteiger partial charge >= 0.3 is 0 Å². The highest BCUT2D eigenvalue weighted by Crippen LogP contribution is 2.25. The van der Waals surface area contributed by atoms with Crippen molar-refractivity contribution in [1.82, 2.24) is 9.55 Å². The largest absolute Gasteiger partial charge is 0.323 e. The van der Waals surface area contributed by atoms with Crippen molar-refractivity contribution in [2.24, 2.45) is 0 Å². The molecule has 1 aromatic heterocycles. The van der Waals surface area contributed by atoms with Crippen LogP contribution in [-0.4, -0.2) is 21.1 Å². The van der Waals surface area contributed by atoms with Crippen molar-refractivity contribution in [3.63, 3.8) is 0 Å². The van der Waals surface area contributed by atoms with E-state index in [0.29, 0.717) is 23.4 Å². The second-order valence-electron chi connectivity index (χ2n) is 7.96. The molecule has 0 saturated heterocycles. The van der Waals surface area contributed by atoms with Gasteiger partial charge in [0, 0.05) is 17.7 Å². The maximum atomic E-state index is 12.6. The van der Waals surface area contributed by atoms with E-state index in [2.05, 4.69) is 50.9 Å². The summed E-state index contributed by atoms with van der Waals surface area (Å²) in [5.41, 5.74) is 5.80. The predicted octanol–water partition coefficient (Wildman–Crippen LogP) is 6.02. The number of nitrogens with zero attached hydrogens (tertiary/aromatic N) is 2. The number of aromatic nitrogens is 2. The van der Waals surface area contributed by atoms with Gasteiger partial charge in [-0.2, -0.15) is 0 Å². The third-order valence-corrected chi connectivity index (χ3v) is 5.27. The van der Waals surface area contributed by atoms with Gasteiger partial charge in [-0.25, -0.2) is 4.98 Å². The number of imidazole rings is 1. The van der Waals surface area contributed by atoms with Crippen LogP contribution in [0.1, 0.15) is 88.2 Å². The summed E-state index contributed by atoms with van der Waals surface area (Å²) in [6.07, 6.45) is 12.5. The van der Waals surface area contributed by atoms with E-state index < -0.39 is 0 Å². The van der Waals surface area contributed by atoms with Gasteiger partial charge < -0.3 is 4.57 Å². The Balaban J connectivity index is 1.95. The molecule has 4 heteroatoms. The van der Waals surface area contributed by atoms with Crippen LogP contribution in [0, 0.1) is 0 Å². The van der Waals surface area contributed by atoms with Gasteiger partial charge in [-0.1, -0.05) is 34.9 Å². The Bertz CT molecular complexity index is 888. The summed E-state index contributed by atoms with van der Waals surface area (Å²) < 4.78 is 1.79. The fraction of sp³-hybridized carbons (Fsp3) is 0.458. The van der Waals surface area contributed by atoms with Crippen molar-refractivity contribution in [3.05, 3.63) is 63.8 Å². The van der Waals surface area contributed by atoms with Crippen LogP contribution in [0.4, 0.5) is 0 Å². The van der Waals surface area contributed by atoms with Gasteiger partial charge in [0.15, 0.2) is 0 Å². The van der Waals surface area contributed by atoms with Crippen LogP contribution in [0.2, 0.25) is 0 Å². The zero-order chi connectivity index (χ0) is 20.8. The molecule has 150 valence electrons. The van der Waals surface area contributed by atoms with E-state index in [1.54, 1.807) is 24.7 Å². The highest BCUT2D eigenvalue weighted by molar-refractivity contribution is 6.25. The van der Waals surface area contributed by atoms with Gasteiger partial charge in [0.05, 0.1) is 6.33 Å². The molecule has 1 aliphatic carbocycles. The Morgan fingerprint density at radius 3 is 2.11 bits per heavy atom. The molecule has 0 atom stereocenters. The molecule has 1 aromatic rings. The topological polar surface area (TPSA) is 52.0 Å². The van der Waals surface area contributed by atoms with Crippen molar-refractivity contribution in [2.45, 2.75) is 73.8 Å². The molecular weight excluding hydrogens is 348 g/mol. The lowest BCUT2D eigenvalue weighted by Gasteiger charge is -2.14. The Morgan fingerprint density at radius 1 is 0.893 bits per heavy atom. The summed E-state index contributed by atoms with van der Waals surface area (Å²) in [6.45, 7) is 12.5. The fourth-order valence-electron chi connectivity index (χ4n) is 3.21. The normalized spacial score (nSPS) is 15.2. The number of Topliss-reactive ketones (excluding diaryl/α,β-unsaturated/α-hetero) is 2. The highest BCUT2D eigenvalue weighted by atomic mass is 16.1. The zero-order valence-corrected chi connectivity index (χ0v) is 18.1. The number of carbonyl (C=O) groups excluding carboxylic acids is 2. The second-order valence-corrected chi connectivity index (χ2v) is 7.96. The van der Waals surface area contributed by atoms with E-state index in [-0.39, 0.29) is 17.3 Å². The number of hydrogen-bond acceptors (Lipinski definition) is 3. The van der Waals surface area contributed by atoms with E-state index in [0.717, 1.165) is 25.7 Å². The summed E-state index contributed by atoms with van der Waals surface area (Å²) in [4.78, 5) is 29.1. The summed E-state index contributed by atoms with van der Waals surface area (Å²) in [6, 6.07) is 0. The van der Waals surface area contributed by atoms with Crippen LogP contribution in [0.3, 0.4) is 0 Å². The first kappa shape index (κ1) is 21.8. The minimum Gasteiger partial charge on any atom is -0.323 e. The molecule has 0 saturated carbocycles. The standard InChI is InChI=1S/C24H32N2O2/c1-16(2)9-7-10-17(3)11-8-12-18(4)13-14-26-15-25-21-22(26)24(28)20(6)19(5)23(21)27/h9,11,13,15H,7-8,10,12,14H2,1-6H3. The first-order valence-electron chi connectivity index (χ1n) is 9.99. The number of fused-ring (bicyclic) bond motifs is 1. The van der Waals surface area contributed by atoms with E-state index in [4.69, 9.17) is 0 Å². The van der Waals surface area contributed by atoms with Crippen LogP contribution in [0.15, 0.2) is 52.4 Å². The van der Waals surface area contributed by atoms with Gasteiger partial charge in [-0.3, -0.25) is 9.59 Å². The maximum absolute atomic E-state index is 12.6. The molecule has 1 aliphatic rings. The molecule has 0 aromatic carbocycles. The van der Waals surface area contributed by atoms with Crippen molar-refractivity contribution in [2.75, 3.05) is 0 Å². The predicted molar refractivity (Wildman–Crippen MR) is 115 cm³/mol. The smallest absolute Gasteiger partial charge is 0.209 e. The Kier molecular flexibility index (Phi) is 7.50. The van der Waals surface area contributed by atoms with E-state index in [1.807, 2.05) is 0 Å². The third kappa shape index (κ3) is 5.28. The lowest BCUT2D eigenvalue weighted by molar-refractivity contribution is 0.0967. The van der Waals surface area contributed by atoms with Gasteiger partial charge in [0.25, 0.3) is 0 Å². The number of ketones is 2. The fourth-order valence-corrected chi connectivity index (χ4v) is 3.21. The number of rotatable bonds is 8. The highest BCUT2D eigenvalue weighted by Gasteiger charge is 2.31. The molecule has 0 amide bonds. The molecular formula is C24H32N2O2. The quantitative estimate of drug-likeness (QED) is 0.518. The monoisotopic (exact) mass is 380 g/mol. The average molecular weight is 381 g/mol.